The van der Waals surface area contributed by atoms with E-state index in [2.05, 4.69) is 10.1 Å². The van der Waals surface area contributed by atoms with E-state index in [9.17, 15) is 18.0 Å². The molecule has 0 aliphatic carbocycles. The first-order valence-electron chi connectivity index (χ1n) is 5.54. The van der Waals surface area contributed by atoms with Crippen LogP contribution in [-0.4, -0.2) is 40.2 Å². The number of hydrogen-bond acceptors (Lipinski definition) is 4. The first kappa shape index (κ1) is 12.8. The zero-order valence-electron chi connectivity index (χ0n) is 9.70. The molecule has 1 aliphatic heterocycles. The van der Waals surface area contributed by atoms with Crippen molar-refractivity contribution in [2.75, 3.05) is 13.1 Å². The minimum absolute atomic E-state index is 0.0600. The van der Waals surface area contributed by atoms with Crippen LogP contribution in [0.5, 0.6) is 0 Å². The highest BCUT2D eigenvalue weighted by Crippen LogP contribution is 2.29. The molecule has 0 aromatic carbocycles. The van der Waals surface area contributed by atoms with Crippen LogP contribution in [-0.2, 0) is 4.79 Å². The van der Waals surface area contributed by atoms with Crippen molar-refractivity contribution >= 4 is 5.91 Å². The van der Waals surface area contributed by atoms with Gasteiger partial charge in [-0.1, -0.05) is 5.16 Å². The van der Waals surface area contributed by atoms with Crippen molar-refractivity contribution in [1.82, 2.24) is 15.0 Å². The second kappa shape index (κ2) is 4.58. The summed E-state index contributed by atoms with van der Waals surface area (Å²) in [6.07, 6.45) is -3.99. The van der Waals surface area contributed by atoms with Crippen molar-refractivity contribution < 1.29 is 22.5 Å². The van der Waals surface area contributed by atoms with E-state index in [1.54, 1.807) is 6.92 Å². The van der Waals surface area contributed by atoms with E-state index in [0.29, 0.717) is 24.6 Å². The van der Waals surface area contributed by atoms with E-state index in [-0.39, 0.29) is 19.0 Å². The number of hydrogen-bond donors (Lipinski definition) is 0. The first-order valence-corrected chi connectivity index (χ1v) is 5.54. The second-order valence-corrected chi connectivity index (χ2v) is 4.24. The summed E-state index contributed by atoms with van der Waals surface area (Å²) in [6.45, 7) is 1.80. The molecule has 100 valence electrons. The Morgan fingerprint density at radius 2 is 2.00 bits per heavy atom. The predicted octanol–water partition coefficient (Wildman–Crippen LogP) is 1.65. The molecule has 0 atom stereocenters. The summed E-state index contributed by atoms with van der Waals surface area (Å²) in [4.78, 5) is 15.9. The van der Waals surface area contributed by atoms with Gasteiger partial charge in [0, 0.05) is 19.0 Å². The second-order valence-electron chi connectivity index (χ2n) is 4.24. The fourth-order valence-corrected chi connectivity index (χ4v) is 1.99. The Labute approximate surface area is 101 Å². The van der Waals surface area contributed by atoms with Gasteiger partial charge in [0.25, 0.3) is 0 Å². The molecule has 1 saturated heterocycles. The van der Waals surface area contributed by atoms with E-state index < -0.39 is 12.1 Å². The van der Waals surface area contributed by atoms with Crippen molar-refractivity contribution in [3.05, 3.63) is 11.7 Å². The number of nitrogens with zero attached hydrogens (tertiary/aromatic N) is 3. The standard InChI is InChI=1S/C10H12F3N3O2/c1-6-14-8(18-15-6)7-2-4-16(5-3-7)9(17)10(11,12)13/h7H,2-5H2,1H3. The Morgan fingerprint density at radius 1 is 1.39 bits per heavy atom. The number of alkyl halides is 3. The van der Waals surface area contributed by atoms with Crippen LogP contribution in [0.3, 0.4) is 0 Å². The summed E-state index contributed by atoms with van der Waals surface area (Å²) in [6, 6.07) is 0. The van der Waals surface area contributed by atoms with Crippen LogP contribution in [0.4, 0.5) is 13.2 Å². The first-order chi connectivity index (χ1) is 8.38. The SMILES string of the molecule is Cc1noc(C2CCN(C(=O)C(F)(F)F)CC2)n1. The average Bonchev–Trinajstić information content (AvgIpc) is 2.74. The van der Waals surface area contributed by atoms with E-state index in [4.69, 9.17) is 4.52 Å². The van der Waals surface area contributed by atoms with Crippen LogP contribution >= 0.6 is 0 Å². The summed E-state index contributed by atoms with van der Waals surface area (Å²) in [5, 5.41) is 3.64. The number of carbonyl (C=O) groups is 1. The fraction of sp³-hybridized carbons (Fsp3) is 0.700. The lowest BCUT2D eigenvalue weighted by atomic mass is 9.97. The number of halogens is 3. The van der Waals surface area contributed by atoms with Crippen LogP contribution in [0.15, 0.2) is 4.52 Å². The normalized spacial score (nSPS) is 18.1. The zero-order valence-corrected chi connectivity index (χ0v) is 9.70. The van der Waals surface area contributed by atoms with Gasteiger partial charge in [-0.2, -0.15) is 18.2 Å². The molecule has 0 N–H and O–H groups in total. The third-order valence-electron chi connectivity index (χ3n) is 2.92. The quantitative estimate of drug-likeness (QED) is 0.773. The lowest BCUT2D eigenvalue weighted by molar-refractivity contribution is -0.186. The van der Waals surface area contributed by atoms with Crippen molar-refractivity contribution in [2.24, 2.45) is 0 Å². The summed E-state index contributed by atoms with van der Waals surface area (Å²) in [5.74, 6) is -0.906. The van der Waals surface area contributed by atoms with E-state index in [1.807, 2.05) is 0 Å². The number of amides is 1. The molecule has 5 nitrogen and oxygen atoms in total. The summed E-state index contributed by atoms with van der Waals surface area (Å²) >= 11 is 0. The lowest BCUT2D eigenvalue weighted by Crippen LogP contribution is -2.45. The van der Waals surface area contributed by atoms with E-state index in [0.717, 1.165) is 4.90 Å². The smallest absolute Gasteiger partial charge is 0.339 e. The van der Waals surface area contributed by atoms with Gasteiger partial charge in [-0.25, -0.2) is 0 Å². The topological polar surface area (TPSA) is 59.2 Å². The minimum Gasteiger partial charge on any atom is -0.339 e. The average molecular weight is 263 g/mol. The van der Waals surface area contributed by atoms with Gasteiger partial charge in [-0.3, -0.25) is 4.79 Å². The van der Waals surface area contributed by atoms with Gasteiger partial charge in [-0.05, 0) is 19.8 Å². The number of aryl methyl sites for hydroxylation is 1. The monoisotopic (exact) mass is 263 g/mol. The van der Waals surface area contributed by atoms with E-state index in [1.165, 1.54) is 0 Å². The van der Waals surface area contributed by atoms with Crippen molar-refractivity contribution in [3.8, 4) is 0 Å². The molecule has 1 aliphatic rings. The predicted molar refractivity (Wildman–Crippen MR) is 53.6 cm³/mol. The Hall–Kier alpha value is -1.60. The Kier molecular flexibility index (Phi) is 3.27. The number of likely N-dealkylation sites (tertiary alicyclic amines) is 1. The fourth-order valence-electron chi connectivity index (χ4n) is 1.99. The molecular weight excluding hydrogens is 251 g/mol. The third kappa shape index (κ3) is 2.62. The Morgan fingerprint density at radius 3 is 2.44 bits per heavy atom. The van der Waals surface area contributed by atoms with Crippen molar-refractivity contribution in [1.29, 1.82) is 0 Å². The molecule has 1 amide bonds. The van der Waals surface area contributed by atoms with Gasteiger partial charge in [0.2, 0.25) is 5.89 Å². The summed E-state index contributed by atoms with van der Waals surface area (Å²) in [7, 11) is 0. The molecule has 1 aromatic rings. The molecule has 1 fully saturated rings. The van der Waals surface area contributed by atoms with E-state index >= 15 is 0 Å². The molecule has 0 bridgehead atoms. The molecule has 1 aromatic heterocycles. The summed E-state index contributed by atoms with van der Waals surface area (Å²) in [5.41, 5.74) is 0. The van der Waals surface area contributed by atoms with Gasteiger partial charge in [-0.15, -0.1) is 0 Å². The van der Waals surface area contributed by atoms with Crippen LogP contribution < -0.4 is 0 Å². The maximum atomic E-state index is 12.2. The highest BCUT2D eigenvalue weighted by Gasteiger charge is 2.43. The number of aromatic nitrogens is 2. The highest BCUT2D eigenvalue weighted by atomic mass is 19.4. The maximum Gasteiger partial charge on any atom is 0.471 e. The third-order valence-corrected chi connectivity index (χ3v) is 2.92. The molecule has 0 radical (unpaired) electrons. The Bertz CT molecular complexity index is 436. The molecule has 2 rings (SSSR count). The number of piperidine rings is 1. The number of carbonyl (C=O) groups excluding carboxylic acids is 1. The highest BCUT2D eigenvalue weighted by molar-refractivity contribution is 5.81. The van der Waals surface area contributed by atoms with Gasteiger partial charge in [0.1, 0.15) is 0 Å². The molecule has 0 spiro atoms. The van der Waals surface area contributed by atoms with Crippen LogP contribution in [0.2, 0.25) is 0 Å². The Balaban J connectivity index is 1.94. The van der Waals surface area contributed by atoms with Crippen molar-refractivity contribution in [3.63, 3.8) is 0 Å². The molecular formula is C10H12F3N3O2. The molecule has 8 heteroatoms. The van der Waals surface area contributed by atoms with Gasteiger partial charge < -0.3 is 9.42 Å². The lowest BCUT2D eigenvalue weighted by Gasteiger charge is -2.30. The molecule has 0 saturated carbocycles. The molecule has 0 unspecified atom stereocenters. The minimum atomic E-state index is -4.80. The molecule has 18 heavy (non-hydrogen) atoms. The maximum absolute atomic E-state index is 12.2. The van der Waals surface area contributed by atoms with Gasteiger partial charge in [0.15, 0.2) is 5.82 Å². The zero-order chi connectivity index (χ0) is 13.3. The molecule has 2 heterocycles. The number of rotatable bonds is 1. The van der Waals surface area contributed by atoms with Crippen LogP contribution in [0, 0.1) is 6.92 Å². The largest absolute Gasteiger partial charge is 0.471 e. The van der Waals surface area contributed by atoms with Gasteiger partial charge >= 0.3 is 12.1 Å². The van der Waals surface area contributed by atoms with Crippen LogP contribution in [0.1, 0.15) is 30.5 Å². The van der Waals surface area contributed by atoms with Crippen molar-refractivity contribution in [2.45, 2.75) is 31.9 Å². The van der Waals surface area contributed by atoms with Crippen LogP contribution in [0.25, 0.3) is 0 Å². The van der Waals surface area contributed by atoms with Gasteiger partial charge in [0.05, 0.1) is 0 Å². The summed E-state index contributed by atoms with van der Waals surface area (Å²) < 4.78 is 41.7.